The van der Waals surface area contributed by atoms with E-state index in [1.807, 2.05) is 11.0 Å². The molecule has 10 heteroatoms. The molecule has 2 N–H and O–H groups in total. The first-order chi connectivity index (χ1) is 15.6. The van der Waals surface area contributed by atoms with Crippen molar-refractivity contribution in [1.29, 1.82) is 0 Å². The van der Waals surface area contributed by atoms with E-state index < -0.39 is 23.1 Å². The van der Waals surface area contributed by atoms with Gasteiger partial charge in [-0.2, -0.15) is 13.2 Å². The topological polar surface area (TPSA) is 77.8 Å². The number of carbonyl (C=O) groups is 1. The Labute approximate surface area is 187 Å². The summed E-state index contributed by atoms with van der Waals surface area (Å²) in [5.41, 5.74) is 1.12. The number of nitrogens with one attached hydrogen (secondary N) is 1. The lowest BCUT2D eigenvalue weighted by Crippen LogP contribution is -2.46. The monoisotopic (exact) mass is 460 g/mol. The fourth-order valence-corrected chi connectivity index (χ4v) is 4.22. The third kappa shape index (κ3) is 4.20. The molecular formula is C23H23F3N4O3. The van der Waals surface area contributed by atoms with Crippen LogP contribution in [0.2, 0.25) is 0 Å². The molecule has 1 aromatic heterocycles. The fourth-order valence-electron chi connectivity index (χ4n) is 4.22. The molecule has 174 valence electrons. The summed E-state index contributed by atoms with van der Waals surface area (Å²) < 4.78 is 40.8. The lowest BCUT2D eigenvalue weighted by Gasteiger charge is -2.38. The number of piperazine rings is 1. The largest absolute Gasteiger partial charge is 0.477 e. The fraction of sp³-hybridized carbons (Fsp3) is 0.304. The van der Waals surface area contributed by atoms with Crippen molar-refractivity contribution < 1.29 is 23.1 Å². The number of carboxylic acids is 1. The number of halogens is 3. The number of hydrogen-bond donors (Lipinski definition) is 2. The van der Waals surface area contributed by atoms with Gasteiger partial charge in [-0.05, 0) is 30.3 Å². The molecule has 1 fully saturated rings. The van der Waals surface area contributed by atoms with Crippen LogP contribution in [0.1, 0.15) is 15.9 Å². The predicted octanol–water partition coefficient (Wildman–Crippen LogP) is 3.62. The highest BCUT2D eigenvalue weighted by molar-refractivity contribution is 5.96. The van der Waals surface area contributed by atoms with Gasteiger partial charge in [-0.15, -0.1) is 0 Å². The van der Waals surface area contributed by atoms with E-state index in [0.29, 0.717) is 48.5 Å². The molecule has 33 heavy (non-hydrogen) atoms. The molecule has 1 aliphatic heterocycles. The van der Waals surface area contributed by atoms with Crippen molar-refractivity contribution in [2.45, 2.75) is 6.18 Å². The number of carboxylic acid groups (broad SMARTS) is 1. The first-order valence-corrected chi connectivity index (χ1v) is 10.4. The average Bonchev–Trinajstić information content (AvgIpc) is 2.80. The third-order valence-corrected chi connectivity index (χ3v) is 5.96. The number of alkyl halides is 3. The average molecular weight is 460 g/mol. The molecule has 1 aliphatic rings. The molecule has 3 aromatic rings. The van der Waals surface area contributed by atoms with Crippen LogP contribution >= 0.6 is 0 Å². The molecule has 2 aromatic carbocycles. The SMILES string of the molecule is CNc1cc2c(=O)c(C(=O)O)cn(C)c2cc1N1CCN(c2cccc(C(F)(F)F)c2)CC1. The maximum absolute atomic E-state index is 13.1. The predicted molar refractivity (Wildman–Crippen MR) is 122 cm³/mol. The van der Waals surface area contributed by atoms with Gasteiger partial charge in [-0.25, -0.2) is 4.79 Å². The number of hydrogen-bond acceptors (Lipinski definition) is 5. The zero-order valence-electron chi connectivity index (χ0n) is 18.1. The maximum atomic E-state index is 13.1. The lowest BCUT2D eigenvalue weighted by atomic mass is 10.1. The summed E-state index contributed by atoms with van der Waals surface area (Å²) in [6.45, 7) is 2.19. The van der Waals surface area contributed by atoms with Crippen LogP contribution in [0.5, 0.6) is 0 Å². The Morgan fingerprint density at radius 3 is 2.33 bits per heavy atom. The van der Waals surface area contributed by atoms with E-state index in [1.165, 1.54) is 18.3 Å². The highest BCUT2D eigenvalue weighted by Gasteiger charge is 2.31. The summed E-state index contributed by atoms with van der Waals surface area (Å²) in [5, 5.41) is 12.7. The van der Waals surface area contributed by atoms with Gasteiger partial charge >= 0.3 is 12.1 Å². The van der Waals surface area contributed by atoms with Gasteiger partial charge in [-0.3, -0.25) is 4.79 Å². The van der Waals surface area contributed by atoms with Crippen molar-refractivity contribution in [3.8, 4) is 0 Å². The highest BCUT2D eigenvalue weighted by Crippen LogP contribution is 2.34. The van der Waals surface area contributed by atoms with Gasteiger partial charge in [0, 0.05) is 57.5 Å². The second-order valence-corrected chi connectivity index (χ2v) is 7.95. The van der Waals surface area contributed by atoms with Gasteiger partial charge in [0.25, 0.3) is 0 Å². The minimum Gasteiger partial charge on any atom is -0.477 e. The number of aryl methyl sites for hydroxylation is 1. The first-order valence-electron chi connectivity index (χ1n) is 10.4. The molecular weight excluding hydrogens is 437 g/mol. The van der Waals surface area contributed by atoms with E-state index in [0.717, 1.165) is 11.8 Å². The van der Waals surface area contributed by atoms with E-state index in [2.05, 4.69) is 10.2 Å². The molecule has 0 atom stereocenters. The third-order valence-electron chi connectivity index (χ3n) is 5.96. The zero-order valence-corrected chi connectivity index (χ0v) is 18.1. The van der Waals surface area contributed by atoms with Crippen molar-refractivity contribution >= 4 is 33.9 Å². The molecule has 0 unspecified atom stereocenters. The van der Waals surface area contributed by atoms with E-state index in [9.17, 15) is 27.9 Å². The molecule has 0 radical (unpaired) electrons. The smallest absolute Gasteiger partial charge is 0.416 e. The number of anilines is 3. The minimum absolute atomic E-state index is 0.297. The molecule has 7 nitrogen and oxygen atoms in total. The Morgan fingerprint density at radius 1 is 1.06 bits per heavy atom. The number of pyridine rings is 1. The van der Waals surface area contributed by atoms with Crippen molar-refractivity contribution in [3.05, 3.63) is 63.9 Å². The molecule has 0 amide bonds. The molecule has 1 saturated heterocycles. The Bertz CT molecular complexity index is 1280. The van der Waals surface area contributed by atoms with Crippen molar-refractivity contribution in [3.63, 3.8) is 0 Å². The number of rotatable bonds is 4. The van der Waals surface area contributed by atoms with Crippen LogP contribution in [0, 0.1) is 0 Å². The van der Waals surface area contributed by atoms with Gasteiger partial charge < -0.3 is 24.8 Å². The number of nitrogens with zero attached hydrogens (tertiary/aromatic N) is 3. The summed E-state index contributed by atoms with van der Waals surface area (Å²) in [7, 11) is 3.40. The van der Waals surface area contributed by atoms with Crippen molar-refractivity contribution in [1.82, 2.24) is 4.57 Å². The van der Waals surface area contributed by atoms with Crippen LogP contribution in [0.4, 0.5) is 30.2 Å². The van der Waals surface area contributed by atoms with Gasteiger partial charge in [0.1, 0.15) is 5.56 Å². The number of fused-ring (bicyclic) bond motifs is 1. The first kappa shape index (κ1) is 22.5. The molecule has 0 aliphatic carbocycles. The Balaban J connectivity index is 1.63. The van der Waals surface area contributed by atoms with Crippen molar-refractivity contribution in [2.24, 2.45) is 7.05 Å². The normalized spacial score (nSPS) is 14.6. The molecule has 0 bridgehead atoms. The Kier molecular flexibility index (Phi) is 5.69. The van der Waals surface area contributed by atoms with E-state index in [4.69, 9.17) is 0 Å². The number of aromatic carboxylic acids is 1. The van der Waals surface area contributed by atoms with Gasteiger partial charge in [0.15, 0.2) is 0 Å². The second-order valence-electron chi connectivity index (χ2n) is 7.95. The van der Waals surface area contributed by atoms with Crippen LogP contribution in [-0.4, -0.2) is 48.9 Å². The summed E-state index contributed by atoms with van der Waals surface area (Å²) >= 11 is 0. The van der Waals surface area contributed by atoms with Gasteiger partial charge in [0.05, 0.1) is 22.5 Å². The standard InChI is InChI=1S/C23H23F3N4O3/c1-27-18-11-16-19(28(2)13-17(21(16)31)22(32)33)12-20(18)30-8-6-29(7-9-30)15-5-3-4-14(10-15)23(24,25)26/h3-5,10-13,27H,6-9H2,1-2H3,(H,32,33). The quantitative estimate of drug-likeness (QED) is 0.619. The van der Waals surface area contributed by atoms with Crippen LogP contribution in [-0.2, 0) is 13.2 Å². The lowest BCUT2D eigenvalue weighted by molar-refractivity contribution is -0.137. The van der Waals surface area contributed by atoms with Crippen molar-refractivity contribution in [2.75, 3.05) is 48.3 Å². The molecule has 0 spiro atoms. The van der Waals surface area contributed by atoms with Crippen LogP contribution in [0.25, 0.3) is 10.9 Å². The molecule has 0 saturated carbocycles. The van der Waals surface area contributed by atoms with Crippen LogP contribution in [0.3, 0.4) is 0 Å². The van der Waals surface area contributed by atoms with E-state index in [-0.39, 0.29) is 5.56 Å². The molecule has 2 heterocycles. The summed E-state index contributed by atoms with van der Waals surface area (Å²) in [5.74, 6) is -1.28. The van der Waals surface area contributed by atoms with Gasteiger partial charge in [-0.1, -0.05) is 6.07 Å². The molecule has 4 rings (SSSR count). The highest BCUT2D eigenvalue weighted by atomic mass is 19.4. The number of aromatic nitrogens is 1. The maximum Gasteiger partial charge on any atom is 0.416 e. The Hall–Kier alpha value is -3.69. The minimum atomic E-state index is -4.39. The number of benzene rings is 2. The summed E-state index contributed by atoms with van der Waals surface area (Å²) in [6, 6.07) is 8.82. The van der Waals surface area contributed by atoms with Gasteiger partial charge in [0.2, 0.25) is 5.43 Å². The van der Waals surface area contributed by atoms with E-state index >= 15 is 0 Å². The summed E-state index contributed by atoms with van der Waals surface area (Å²) in [4.78, 5) is 28.1. The van der Waals surface area contributed by atoms with Crippen LogP contribution < -0.4 is 20.5 Å². The summed E-state index contributed by atoms with van der Waals surface area (Å²) in [6.07, 6.45) is -3.08. The van der Waals surface area contributed by atoms with E-state index in [1.54, 1.807) is 30.8 Å². The zero-order chi connectivity index (χ0) is 23.9. The van der Waals surface area contributed by atoms with Crippen LogP contribution in [0.15, 0.2) is 47.4 Å². The Morgan fingerprint density at radius 2 is 1.73 bits per heavy atom. The second kappa shape index (κ2) is 8.34.